The summed E-state index contributed by atoms with van der Waals surface area (Å²) in [6.07, 6.45) is 5.44. The van der Waals surface area contributed by atoms with Crippen LogP contribution in [0.4, 0.5) is 0 Å². The summed E-state index contributed by atoms with van der Waals surface area (Å²) in [6, 6.07) is 0. The Hall–Kier alpha value is -0.130. The van der Waals surface area contributed by atoms with Crippen molar-refractivity contribution < 1.29 is 8.42 Å². The fourth-order valence-corrected chi connectivity index (χ4v) is 3.26. The Kier molecular flexibility index (Phi) is 4.03. The number of nitrogens with two attached hydrogens (primary N) is 1. The van der Waals surface area contributed by atoms with E-state index in [1.54, 1.807) is 0 Å². The molecule has 1 saturated carbocycles. The van der Waals surface area contributed by atoms with Crippen molar-refractivity contribution in [2.45, 2.75) is 39.5 Å². The van der Waals surface area contributed by atoms with Gasteiger partial charge in [0.05, 0.1) is 6.26 Å². The molecule has 1 rings (SSSR count). The number of hydrogen-bond acceptors (Lipinski definition) is 3. The van der Waals surface area contributed by atoms with E-state index in [2.05, 4.69) is 18.6 Å². The number of hydrogen-bond donors (Lipinski definition) is 2. The van der Waals surface area contributed by atoms with Gasteiger partial charge >= 0.3 is 0 Å². The molecule has 0 aromatic heterocycles. The second kappa shape index (κ2) is 4.63. The monoisotopic (exact) mass is 248 g/mol. The highest BCUT2D eigenvalue weighted by Gasteiger charge is 2.41. The molecule has 0 unspecified atom stereocenters. The fourth-order valence-electron chi connectivity index (χ4n) is 2.79. The third kappa shape index (κ3) is 4.03. The molecule has 3 N–H and O–H groups in total. The van der Waals surface area contributed by atoms with Gasteiger partial charge < -0.3 is 5.73 Å². The first-order chi connectivity index (χ1) is 7.18. The van der Waals surface area contributed by atoms with Gasteiger partial charge in [-0.3, -0.25) is 0 Å². The molecule has 0 saturated heterocycles. The highest BCUT2D eigenvalue weighted by Crippen LogP contribution is 2.50. The molecule has 0 amide bonds. The molecule has 1 fully saturated rings. The van der Waals surface area contributed by atoms with E-state index in [1.165, 1.54) is 12.7 Å². The molecule has 1 atom stereocenters. The number of nitrogens with one attached hydrogen (secondary N) is 1. The van der Waals surface area contributed by atoms with Crippen LogP contribution in [0.3, 0.4) is 0 Å². The lowest BCUT2D eigenvalue weighted by Gasteiger charge is -2.29. The van der Waals surface area contributed by atoms with Crippen LogP contribution in [0.25, 0.3) is 0 Å². The predicted octanol–water partition coefficient (Wildman–Crippen LogP) is 1.08. The van der Waals surface area contributed by atoms with Crippen LogP contribution in [0.5, 0.6) is 0 Å². The first-order valence-corrected chi connectivity index (χ1v) is 7.72. The molecule has 1 aliphatic rings. The molecule has 5 heteroatoms. The van der Waals surface area contributed by atoms with Crippen molar-refractivity contribution in [1.29, 1.82) is 0 Å². The molecule has 0 spiro atoms. The van der Waals surface area contributed by atoms with E-state index in [0.29, 0.717) is 18.5 Å². The molecule has 0 aliphatic heterocycles. The Morgan fingerprint density at radius 2 is 1.94 bits per heavy atom. The lowest BCUT2D eigenvalue weighted by molar-refractivity contribution is 0.245. The maximum absolute atomic E-state index is 11.0. The van der Waals surface area contributed by atoms with Crippen LogP contribution >= 0.6 is 0 Å². The minimum atomic E-state index is -3.07. The van der Waals surface area contributed by atoms with Gasteiger partial charge in [0.1, 0.15) is 0 Å². The van der Waals surface area contributed by atoms with Gasteiger partial charge in [-0.2, -0.15) is 0 Å². The molecule has 0 bridgehead atoms. The summed E-state index contributed by atoms with van der Waals surface area (Å²) in [7, 11) is -3.07. The highest BCUT2D eigenvalue weighted by molar-refractivity contribution is 7.88. The van der Waals surface area contributed by atoms with E-state index in [0.717, 1.165) is 19.3 Å². The summed E-state index contributed by atoms with van der Waals surface area (Å²) in [5.74, 6) is 0. The van der Waals surface area contributed by atoms with Crippen molar-refractivity contribution in [1.82, 2.24) is 4.72 Å². The molecular weight excluding hydrogens is 224 g/mol. The van der Waals surface area contributed by atoms with Crippen LogP contribution in [-0.4, -0.2) is 27.8 Å². The fraction of sp³-hybridized carbons (Fsp3) is 1.00. The zero-order valence-electron chi connectivity index (χ0n) is 10.5. The number of sulfonamides is 1. The maximum Gasteiger partial charge on any atom is 0.208 e. The van der Waals surface area contributed by atoms with Crippen molar-refractivity contribution in [3.8, 4) is 0 Å². The Balaban J connectivity index is 2.50. The summed E-state index contributed by atoms with van der Waals surface area (Å²) in [6.45, 7) is 5.68. The van der Waals surface area contributed by atoms with Crippen LogP contribution in [0, 0.1) is 10.8 Å². The summed E-state index contributed by atoms with van der Waals surface area (Å²) in [4.78, 5) is 0. The molecule has 0 aromatic rings. The van der Waals surface area contributed by atoms with Gasteiger partial charge in [0.2, 0.25) is 10.0 Å². The highest BCUT2D eigenvalue weighted by atomic mass is 32.2. The van der Waals surface area contributed by atoms with E-state index in [4.69, 9.17) is 5.73 Å². The third-order valence-electron chi connectivity index (χ3n) is 3.64. The summed E-state index contributed by atoms with van der Waals surface area (Å²) in [5, 5.41) is 0. The van der Waals surface area contributed by atoms with Gasteiger partial charge in [-0.05, 0) is 43.1 Å². The van der Waals surface area contributed by atoms with Crippen LogP contribution in [0.2, 0.25) is 0 Å². The summed E-state index contributed by atoms with van der Waals surface area (Å²) >= 11 is 0. The molecular formula is C11H24N2O2S. The Labute approximate surface area is 99.0 Å². The first-order valence-electron chi connectivity index (χ1n) is 5.83. The lowest BCUT2D eigenvalue weighted by atomic mass is 9.79. The molecule has 96 valence electrons. The Morgan fingerprint density at radius 3 is 2.31 bits per heavy atom. The number of rotatable bonds is 5. The van der Waals surface area contributed by atoms with Crippen LogP contribution < -0.4 is 10.5 Å². The standard InChI is InChI=1S/C11H24N2O2S/c1-10(2)4-5-11(8-10,9-12)6-7-13-16(3,14)15/h13H,4-9,12H2,1-3H3/t11-/m0/s1. The SMILES string of the molecule is CC1(C)CC[C@](CN)(CCNS(C)(=O)=O)C1. The maximum atomic E-state index is 11.0. The topological polar surface area (TPSA) is 72.2 Å². The van der Waals surface area contributed by atoms with E-state index in [9.17, 15) is 8.42 Å². The van der Waals surface area contributed by atoms with E-state index >= 15 is 0 Å². The normalized spacial score (nSPS) is 29.5. The van der Waals surface area contributed by atoms with Gasteiger partial charge in [-0.25, -0.2) is 13.1 Å². The van der Waals surface area contributed by atoms with Crippen molar-refractivity contribution in [2.24, 2.45) is 16.6 Å². The minimum absolute atomic E-state index is 0.140. The van der Waals surface area contributed by atoms with E-state index in [-0.39, 0.29) is 5.41 Å². The molecule has 0 radical (unpaired) electrons. The Bertz CT molecular complexity index is 338. The van der Waals surface area contributed by atoms with E-state index < -0.39 is 10.0 Å². The van der Waals surface area contributed by atoms with Gasteiger partial charge in [-0.1, -0.05) is 13.8 Å². The predicted molar refractivity (Wildman–Crippen MR) is 66.6 cm³/mol. The van der Waals surface area contributed by atoms with E-state index in [1.807, 2.05) is 0 Å². The largest absolute Gasteiger partial charge is 0.330 e. The average Bonchev–Trinajstić information content (AvgIpc) is 2.41. The molecule has 0 aromatic carbocycles. The summed E-state index contributed by atoms with van der Waals surface area (Å²) < 4.78 is 24.5. The van der Waals surface area contributed by atoms with Crippen molar-refractivity contribution in [3.63, 3.8) is 0 Å². The Morgan fingerprint density at radius 1 is 1.31 bits per heavy atom. The van der Waals surface area contributed by atoms with Gasteiger partial charge in [0.15, 0.2) is 0 Å². The van der Waals surface area contributed by atoms with Gasteiger partial charge in [-0.15, -0.1) is 0 Å². The third-order valence-corrected chi connectivity index (χ3v) is 4.37. The van der Waals surface area contributed by atoms with Gasteiger partial charge in [0, 0.05) is 6.54 Å². The minimum Gasteiger partial charge on any atom is -0.330 e. The zero-order valence-corrected chi connectivity index (χ0v) is 11.4. The summed E-state index contributed by atoms with van der Waals surface area (Å²) in [5.41, 5.74) is 6.35. The van der Waals surface area contributed by atoms with Crippen molar-refractivity contribution in [2.75, 3.05) is 19.3 Å². The second-order valence-corrected chi connectivity index (χ2v) is 7.79. The van der Waals surface area contributed by atoms with Crippen molar-refractivity contribution in [3.05, 3.63) is 0 Å². The van der Waals surface area contributed by atoms with Gasteiger partial charge in [0.25, 0.3) is 0 Å². The first kappa shape index (κ1) is 13.9. The quantitative estimate of drug-likeness (QED) is 0.764. The van der Waals surface area contributed by atoms with Crippen LogP contribution in [0.1, 0.15) is 39.5 Å². The van der Waals surface area contributed by atoms with Crippen LogP contribution in [0.15, 0.2) is 0 Å². The lowest BCUT2D eigenvalue weighted by Crippen LogP contribution is -2.34. The average molecular weight is 248 g/mol. The zero-order chi connectivity index (χ0) is 12.4. The molecule has 4 nitrogen and oxygen atoms in total. The molecule has 1 aliphatic carbocycles. The van der Waals surface area contributed by atoms with Crippen molar-refractivity contribution >= 4 is 10.0 Å². The molecule has 0 heterocycles. The molecule has 16 heavy (non-hydrogen) atoms. The smallest absolute Gasteiger partial charge is 0.208 e. The van der Waals surface area contributed by atoms with Crippen LogP contribution in [-0.2, 0) is 10.0 Å². The second-order valence-electron chi connectivity index (χ2n) is 5.96.